The van der Waals surface area contributed by atoms with Crippen LogP contribution < -0.4 is 15.4 Å². The summed E-state index contributed by atoms with van der Waals surface area (Å²) in [7, 11) is 1.67. The van der Waals surface area contributed by atoms with Gasteiger partial charge in [-0.1, -0.05) is 41.9 Å². The molecule has 150 valence electrons. The van der Waals surface area contributed by atoms with Crippen molar-refractivity contribution in [1.82, 2.24) is 15.5 Å². The van der Waals surface area contributed by atoms with Crippen LogP contribution in [0, 0.1) is 0 Å². The number of ether oxygens (including phenoxy) is 1. The number of rotatable bonds is 8. The lowest BCUT2D eigenvalue weighted by Crippen LogP contribution is -2.42. The molecule has 1 amide bonds. The van der Waals surface area contributed by atoms with Crippen molar-refractivity contribution >= 4 is 17.5 Å². The summed E-state index contributed by atoms with van der Waals surface area (Å²) in [5.74, 6) is 0.937. The van der Waals surface area contributed by atoms with Crippen molar-refractivity contribution in [2.75, 3.05) is 20.2 Å². The van der Waals surface area contributed by atoms with Crippen molar-refractivity contribution in [3.63, 3.8) is 0 Å². The molecule has 1 saturated heterocycles. The minimum absolute atomic E-state index is 0.0835. The van der Waals surface area contributed by atoms with E-state index in [1.165, 1.54) is 5.56 Å². The molecule has 28 heavy (non-hydrogen) atoms. The van der Waals surface area contributed by atoms with E-state index in [2.05, 4.69) is 21.6 Å². The first kappa shape index (κ1) is 20.6. The molecule has 1 aliphatic heterocycles. The van der Waals surface area contributed by atoms with Crippen LogP contribution in [0.15, 0.2) is 48.5 Å². The molecule has 0 unspecified atom stereocenters. The first-order valence-corrected chi connectivity index (χ1v) is 10.1. The van der Waals surface area contributed by atoms with E-state index in [0.717, 1.165) is 35.8 Å². The average Bonchev–Trinajstić information content (AvgIpc) is 3.11. The van der Waals surface area contributed by atoms with Gasteiger partial charge in [0.25, 0.3) is 0 Å². The maximum absolute atomic E-state index is 12.6. The van der Waals surface area contributed by atoms with Crippen LogP contribution in [0.25, 0.3) is 0 Å². The van der Waals surface area contributed by atoms with Gasteiger partial charge in [-0.05, 0) is 42.7 Å². The predicted octanol–water partition coefficient (Wildman–Crippen LogP) is 3.22. The predicted molar refractivity (Wildman–Crippen MR) is 113 cm³/mol. The first-order chi connectivity index (χ1) is 13.6. The molecule has 1 fully saturated rings. The third-order valence-corrected chi connectivity index (χ3v) is 5.49. The lowest BCUT2D eigenvalue weighted by Gasteiger charge is -2.23. The van der Waals surface area contributed by atoms with Crippen molar-refractivity contribution in [2.45, 2.75) is 38.5 Å². The van der Waals surface area contributed by atoms with E-state index in [-0.39, 0.29) is 18.0 Å². The molecule has 2 aromatic carbocycles. The summed E-state index contributed by atoms with van der Waals surface area (Å²) >= 11 is 6.34. The monoisotopic (exact) mass is 401 g/mol. The fraction of sp³-hybridized carbons (Fsp3) is 0.409. The third kappa shape index (κ3) is 5.25. The summed E-state index contributed by atoms with van der Waals surface area (Å²) in [5, 5.41) is 7.31. The molecule has 0 bridgehead atoms. The number of nitrogens with zero attached hydrogens (tertiary/aromatic N) is 1. The van der Waals surface area contributed by atoms with Crippen LogP contribution in [0.3, 0.4) is 0 Å². The Morgan fingerprint density at radius 2 is 2.07 bits per heavy atom. The molecular weight excluding hydrogens is 374 g/mol. The number of carbonyl (C=O) groups is 1. The highest BCUT2D eigenvalue weighted by atomic mass is 35.5. The lowest BCUT2D eigenvalue weighted by atomic mass is 10.1. The summed E-state index contributed by atoms with van der Waals surface area (Å²) in [5.41, 5.74) is 2.21. The van der Waals surface area contributed by atoms with Crippen LogP contribution in [-0.2, 0) is 17.9 Å². The molecule has 0 aliphatic carbocycles. The number of nitrogens with one attached hydrogen (secondary N) is 2. The number of hydrogen-bond acceptors (Lipinski definition) is 4. The first-order valence-electron chi connectivity index (χ1n) is 9.72. The minimum atomic E-state index is -0.154. The molecule has 3 rings (SSSR count). The molecular formula is C22H28ClN3O2. The summed E-state index contributed by atoms with van der Waals surface area (Å²) in [4.78, 5) is 14.8. The largest absolute Gasteiger partial charge is 0.497 e. The van der Waals surface area contributed by atoms with Gasteiger partial charge in [-0.2, -0.15) is 0 Å². The van der Waals surface area contributed by atoms with Crippen LogP contribution in [-0.4, -0.2) is 43.1 Å². The molecule has 1 heterocycles. The van der Waals surface area contributed by atoms with Gasteiger partial charge in [0.2, 0.25) is 5.91 Å². The molecule has 6 heteroatoms. The molecule has 2 N–H and O–H groups in total. The molecule has 2 aromatic rings. The van der Waals surface area contributed by atoms with E-state index >= 15 is 0 Å². The topological polar surface area (TPSA) is 53.6 Å². The molecule has 0 spiro atoms. The zero-order valence-corrected chi connectivity index (χ0v) is 17.2. The quantitative estimate of drug-likeness (QED) is 0.713. The van der Waals surface area contributed by atoms with E-state index in [0.29, 0.717) is 13.1 Å². The molecule has 0 saturated carbocycles. The maximum Gasteiger partial charge on any atom is 0.237 e. The van der Waals surface area contributed by atoms with Gasteiger partial charge >= 0.3 is 0 Å². The average molecular weight is 402 g/mol. The van der Waals surface area contributed by atoms with E-state index in [1.54, 1.807) is 7.11 Å². The summed E-state index contributed by atoms with van der Waals surface area (Å²) in [6, 6.07) is 16.0. The molecule has 0 radical (unpaired) electrons. The maximum atomic E-state index is 12.6. The van der Waals surface area contributed by atoms with E-state index in [1.807, 2.05) is 49.4 Å². The second kappa shape index (κ2) is 9.92. The standard InChI is InChI=1S/C22H28ClN3O2/c1-3-24-22(27)21-12-18(25-13-16-7-6-9-19(11-16)28-2)15-26(21)14-17-8-4-5-10-20(17)23/h4-11,18,21,25H,3,12-15H2,1-2H3,(H,24,27)/t18-,21-/m0/s1. The zero-order valence-electron chi connectivity index (χ0n) is 16.5. The lowest BCUT2D eigenvalue weighted by molar-refractivity contribution is -0.125. The van der Waals surface area contributed by atoms with E-state index in [4.69, 9.17) is 16.3 Å². The highest BCUT2D eigenvalue weighted by molar-refractivity contribution is 6.31. The van der Waals surface area contributed by atoms with Crippen molar-refractivity contribution in [3.8, 4) is 5.75 Å². The van der Waals surface area contributed by atoms with Crippen molar-refractivity contribution in [2.24, 2.45) is 0 Å². The number of amides is 1. The Morgan fingerprint density at radius 1 is 1.25 bits per heavy atom. The highest BCUT2D eigenvalue weighted by Gasteiger charge is 2.36. The minimum Gasteiger partial charge on any atom is -0.497 e. The van der Waals surface area contributed by atoms with E-state index < -0.39 is 0 Å². The fourth-order valence-electron chi connectivity index (χ4n) is 3.68. The molecule has 5 nitrogen and oxygen atoms in total. The van der Waals surface area contributed by atoms with Gasteiger partial charge in [-0.3, -0.25) is 9.69 Å². The molecule has 2 atom stereocenters. The number of methoxy groups -OCH3 is 1. The van der Waals surface area contributed by atoms with Gasteiger partial charge in [0, 0.05) is 37.2 Å². The third-order valence-electron chi connectivity index (χ3n) is 5.12. The normalized spacial score (nSPS) is 19.5. The smallest absolute Gasteiger partial charge is 0.237 e. The Morgan fingerprint density at radius 3 is 2.82 bits per heavy atom. The van der Waals surface area contributed by atoms with Gasteiger partial charge in [-0.15, -0.1) is 0 Å². The van der Waals surface area contributed by atoms with Crippen LogP contribution >= 0.6 is 11.6 Å². The second-order valence-corrected chi connectivity index (χ2v) is 7.50. The van der Waals surface area contributed by atoms with Crippen molar-refractivity contribution < 1.29 is 9.53 Å². The number of halogens is 1. The zero-order chi connectivity index (χ0) is 19.9. The van der Waals surface area contributed by atoms with Crippen molar-refractivity contribution in [3.05, 3.63) is 64.7 Å². The number of likely N-dealkylation sites (tertiary alicyclic amines) is 1. The highest BCUT2D eigenvalue weighted by Crippen LogP contribution is 2.25. The Balaban J connectivity index is 1.66. The van der Waals surface area contributed by atoms with Crippen LogP contribution in [0.1, 0.15) is 24.5 Å². The Hall–Kier alpha value is -2.08. The van der Waals surface area contributed by atoms with Crippen LogP contribution in [0.5, 0.6) is 5.75 Å². The number of hydrogen-bond donors (Lipinski definition) is 2. The van der Waals surface area contributed by atoms with Crippen LogP contribution in [0.4, 0.5) is 0 Å². The molecule has 0 aromatic heterocycles. The summed E-state index contributed by atoms with van der Waals surface area (Å²) in [6.07, 6.45) is 0.778. The van der Waals surface area contributed by atoms with Gasteiger partial charge in [-0.25, -0.2) is 0 Å². The Kier molecular flexibility index (Phi) is 7.31. The summed E-state index contributed by atoms with van der Waals surface area (Å²) in [6.45, 7) is 4.79. The Labute approximate surface area is 172 Å². The van der Waals surface area contributed by atoms with Gasteiger partial charge < -0.3 is 15.4 Å². The van der Waals surface area contributed by atoms with E-state index in [9.17, 15) is 4.79 Å². The van der Waals surface area contributed by atoms with Crippen LogP contribution in [0.2, 0.25) is 5.02 Å². The SMILES string of the molecule is CCNC(=O)[C@@H]1C[C@H](NCc2cccc(OC)c2)CN1Cc1ccccc1Cl. The number of likely N-dealkylation sites (N-methyl/N-ethyl adjacent to an activating group) is 1. The number of benzene rings is 2. The van der Waals surface area contributed by atoms with Gasteiger partial charge in [0.15, 0.2) is 0 Å². The number of carbonyl (C=O) groups excluding carboxylic acids is 1. The fourth-order valence-corrected chi connectivity index (χ4v) is 3.88. The van der Waals surface area contributed by atoms with Gasteiger partial charge in [0.05, 0.1) is 13.2 Å². The second-order valence-electron chi connectivity index (χ2n) is 7.10. The Bertz CT molecular complexity index is 799. The summed E-state index contributed by atoms with van der Waals surface area (Å²) < 4.78 is 5.30. The van der Waals surface area contributed by atoms with Crippen molar-refractivity contribution in [1.29, 1.82) is 0 Å². The molecule has 1 aliphatic rings. The van der Waals surface area contributed by atoms with Gasteiger partial charge in [0.1, 0.15) is 5.75 Å².